The minimum atomic E-state index is -0.0764. The molecule has 0 atom stereocenters. The van der Waals surface area contributed by atoms with Gasteiger partial charge in [0.2, 0.25) is 0 Å². The SMILES string of the molecule is O=c1[c]ccc2ccsn12. The highest BCUT2D eigenvalue weighted by Gasteiger charge is 1.92. The van der Waals surface area contributed by atoms with Crippen LogP contribution in [0.2, 0.25) is 0 Å². The van der Waals surface area contributed by atoms with Gasteiger partial charge in [-0.25, -0.2) is 3.79 Å². The van der Waals surface area contributed by atoms with Crippen LogP contribution >= 0.6 is 11.5 Å². The summed E-state index contributed by atoms with van der Waals surface area (Å²) in [6.45, 7) is 0. The minimum Gasteiger partial charge on any atom is -0.267 e. The molecule has 0 unspecified atom stereocenters. The molecule has 10 heavy (non-hydrogen) atoms. The normalized spacial score (nSPS) is 10.4. The van der Waals surface area contributed by atoms with E-state index < -0.39 is 0 Å². The molecule has 1 radical (unpaired) electrons. The fourth-order valence-corrected chi connectivity index (χ4v) is 1.55. The van der Waals surface area contributed by atoms with E-state index in [-0.39, 0.29) is 5.56 Å². The number of hydrogen-bond acceptors (Lipinski definition) is 2. The van der Waals surface area contributed by atoms with E-state index in [1.165, 1.54) is 11.5 Å². The molecule has 0 spiro atoms. The van der Waals surface area contributed by atoms with Crippen LogP contribution in [0.5, 0.6) is 0 Å². The van der Waals surface area contributed by atoms with Gasteiger partial charge in [0.25, 0.3) is 5.56 Å². The van der Waals surface area contributed by atoms with Gasteiger partial charge in [0.1, 0.15) is 0 Å². The van der Waals surface area contributed by atoms with E-state index in [1.54, 1.807) is 9.86 Å². The van der Waals surface area contributed by atoms with Gasteiger partial charge in [0, 0.05) is 5.38 Å². The van der Waals surface area contributed by atoms with Gasteiger partial charge in [-0.1, -0.05) is 11.5 Å². The first-order valence-corrected chi connectivity index (χ1v) is 3.69. The molecule has 0 aliphatic heterocycles. The fourth-order valence-electron chi connectivity index (χ4n) is 0.835. The lowest BCUT2D eigenvalue weighted by molar-refractivity contribution is 1.23. The van der Waals surface area contributed by atoms with Crippen molar-refractivity contribution in [3.63, 3.8) is 0 Å². The molecule has 2 aromatic heterocycles. The molecule has 49 valence electrons. The molecular formula is C7H4NOS. The Balaban J connectivity index is 3.09. The third-order valence-electron chi connectivity index (χ3n) is 1.28. The standard InChI is InChI=1S/C7H4NOS/c9-7-3-1-2-6-4-5-10-8(6)7/h1-2,4-5H. The number of nitrogens with zero attached hydrogens (tertiary/aromatic N) is 1. The molecule has 0 bridgehead atoms. The minimum absolute atomic E-state index is 0.0764. The summed E-state index contributed by atoms with van der Waals surface area (Å²) >= 11 is 1.39. The van der Waals surface area contributed by atoms with E-state index in [4.69, 9.17) is 0 Å². The number of fused-ring (bicyclic) bond motifs is 1. The van der Waals surface area contributed by atoms with Gasteiger partial charge < -0.3 is 0 Å². The third kappa shape index (κ3) is 0.675. The highest BCUT2D eigenvalue weighted by molar-refractivity contribution is 7.04. The average molecular weight is 150 g/mol. The van der Waals surface area contributed by atoms with Crippen LogP contribution in [-0.2, 0) is 0 Å². The van der Waals surface area contributed by atoms with Gasteiger partial charge >= 0.3 is 0 Å². The summed E-state index contributed by atoms with van der Waals surface area (Å²) in [7, 11) is 0. The van der Waals surface area contributed by atoms with Crippen LogP contribution in [0.25, 0.3) is 5.52 Å². The highest BCUT2D eigenvalue weighted by Crippen LogP contribution is 2.03. The predicted octanol–water partition coefficient (Wildman–Crippen LogP) is 1.16. The van der Waals surface area contributed by atoms with Crippen molar-refractivity contribution in [1.29, 1.82) is 0 Å². The molecule has 2 nitrogen and oxygen atoms in total. The third-order valence-corrected chi connectivity index (χ3v) is 2.13. The van der Waals surface area contributed by atoms with E-state index >= 15 is 0 Å². The Bertz CT molecular complexity index is 401. The van der Waals surface area contributed by atoms with Crippen molar-refractivity contribution in [3.05, 3.63) is 40.0 Å². The fraction of sp³-hybridized carbons (Fsp3) is 0. The van der Waals surface area contributed by atoms with Gasteiger partial charge in [-0.05, 0) is 18.2 Å². The van der Waals surface area contributed by atoms with E-state index in [0.29, 0.717) is 0 Å². The average Bonchev–Trinajstić information content (AvgIpc) is 2.36. The maximum absolute atomic E-state index is 11.0. The molecule has 0 amide bonds. The van der Waals surface area contributed by atoms with E-state index in [1.807, 2.05) is 17.5 Å². The topological polar surface area (TPSA) is 21.5 Å². The van der Waals surface area contributed by atoms with Crippen molar-refractivity contribution in [2.75, 3.05) is 0 Å². The number of pyridine rings is 1. The zero-order valence-electron chi connectivity index (χ0n) is 5.07. The second-order valence-electron chi connectivity index (χ2n) is 1.91. The number of rotatable bonds is 0. The summed E-state index contributed by atoms with van der Waals surface area (Å²) in [6.07, 6.45) is 0. The molecule has 0 aliphatic carbocycles. The summed E-state index contributed by atoms with van der Waals surface area (Å²) < 4.78 is 1.60. The molecule has 0 saturated carbocycles. The Hall–Kier alpha value is -1.09. The van der Waals surface area contributed by atoms with Crippen LogP contribution in [0.4, 0.5) is 0 Å². The molecule has 2 heterocycles. The lowest BCUT2D eigenvalue weighted by Gasteiger charge is -1.85. The lowest BCUT2D eigenvalue weighted by atomic mass is 10.4. The van der Waals surface area contributed by atoms with Crippen LogP contribution in [0.15, 0.2) is 28.4 Å². The smallest absolute Gasteiger partial charge is 0.267 e. The Labute approximate surface area is 61.5 Å². The zero-order valence-corrected chi connectivity index (χ0v) is 5.89. The van der Waals surface area contributed by atoms with Crippen LogP contribution in [0.3, 0.4) is 0 Å². The molecule has 0 saturated heterocycles. The van der Waals surface area contributed by atoms with Crippen LogP contribution in [-0.4, -0.2) is 3.79 Å². The monoisotopic (exact) mass is 150 g/mol. The van der Waals surface area contributed by atoms with Gasteiger partial charge in [0.05, 0.1) is 11.6 Å². The van der Waals surface area contributed by atoms with E-state index in [9.17, 15) is 4.79 Å². The Morgan fingerprint density at radius 2 is 2.40 bits per heavy atom. The van der Waals surface area contributed by atoms with Crippen molar-refractivity contribution in [3.8, 4) is 0 Å². The maximum atomic E-state index is 11.0. The van der Waals surface area contributed by atoms with Crippen LogP contribution in [0, 0.1) is 6.07 Å². The molecule has 3 heteroatoms. The van der Waals surface area contributed by atoms with E-state index in [2.05, 4.69) is 6.07 Å². The number of hydrogen-bond donors (Lipinski definition) is 0. The van der Waals surface area contributed by atoms with E-state index in [0.717, 1.165) is 5.52 Å². The Kier molecular flexibility index (Phi) is 1.11. The van der Waals surface area contributed by atoms with Gasteiger partial charge in [-0.15, -0.1) is 0 Å². The molecule has 0 aliphatic rings. The van der Waals surface area contributed by atoms with Crippen LogP contribution in [0.1, 0.15) is 0 Å². The Morgan fingerprint density at radius 1 is 1.50 bits per heavy atom. The molecule has 2 aromatic rings. The first-order chi connectivity index (χ1) is 4.88. The highest BCUT2D eigenvalue weighted by atomic mass is 32.1. The summed E-state index contributed by atoms with van der Waals surface area (Å²) in [6, 6.07) is 7.98. The van der Waals surface area contributed by atoms with Crippen molar-refractivity contribution in [1.82, 2.24) is 3.79 Å². The largest absolute Gasteiger partial charge is 0.272 e. The second-order valence-corrected chi connectivity index (χ2v) is 2.76. The Morgan fingerprint density at radius 3 is 3.20 bits per heavy atom. The van der Waals surface area contributed by atoms with Crippen molar-refractivity contribution >= 4 is 17.0 Å². The summed E-state index contributed by atoms with van der Waals surface area (Å²) in [5.74, 6) is 0. The first kappa shape index (κ1) is 5.68. The molecule has 0 fully saturated rings. The first-order valence-electron chi connectivity index (χ1n) is 2.85. The maximum Gasteiger partial charge on any atom is 0.272 e. The van der Waals surface area contributed by atoms with Crippen molar-refractivity contribution in [2.24, 2.45) is 0 Å². The van der Waals surface area contributed by atoms with Crippen LogP contribution < -0.4 is 5.56 Å². The van der Waals surface area contributed by atoms with Gasteiger partial charge in [-0.2, -0.15) is 0 Å². The lowest BCUT2D eigenvalue weighted by Crippen LogP contribution is -2.06. The summed E-state index contributed by atoms with van der Waals surface area (Å²) in [5.41, 5.74) is 0.862. The van der Waals surface area contributed by atoms with Crippen molar-refractivity contribution in [2.45, 2.75) is 0 Å². The number of aromatic nitrogens is 1. The molecule has 0 N–H and O–H groups in total. The molecule has 0 aromatic carbocycles. The zero-order chi connectivity index (χ0) is 6.97. The predicted molar refractivity (Wildman–Crippen MR) is 40.4 cm³/mol. The van der Waals surface area contributed by atoms with Gasteiger partial charge in [-0.3, -0.25) is 4.79 Å². The van der Waals surface area contributed by atoms with Crippen molar-refractivity contribution < 1.29 is 0 Å². The second kappa shape index (κ2) is 1.95. The quantitative estimate of drug-likeness (QED) is 0.552. The summed E-state index contributed by atoms with van der Waals surface area (Å²) in [4.78, 5) is 11.0. The molecular weight excluding hydrogens is 146 g/mol. The molecule has 2 rings (SSSR count). The van der Waals surface area contributed by atoms with Gasteiger partial charge in [0.15, 0.2) is 0 Å². The summed E-state index contributed by atoms with van der Waals surface area (Å²) in [5, 5.41) is 1.88.